The average molecular weight is 316 g/mol. The van der Waals surface area contributed by atoms with Crippen LogP contribution in [0, 0.1) is 12.8 Å². The zero-order chi connectivity index (χ0) is 15.8. The molecule has 118 valence electrons. The maximum atomic E-state index is 5.34. The topological polar surface area (TPSA) is 34.5 Å². The maximum Gasteiger partial charge on any atom is 0.142 e. The standard InChI is InChI=1S/C18H24N2OS/c1-14(2)6-4-5-11-20-21-13-16-7-9-17(10-8-16)18-12-19-15(3)22-18/h7-12,14H,4-6,13H2,1-3H3/b20-11+. The van der Waals surface area contributed by atoms with Gasteiger partial charge < -0.3 is 4.84 Å². The second-order valence-corrected chi connectivity index (χ2v) is 7.06. The Kier molecular flexibility index (Phi) is 6.59. The van der Waals surface area contributed by atoms with Gasteiger partial charge in [0.1, 0.15) is 6.61 Å². The molecule has 2 rings (SSSR count). The third kappa shape index (κ3) is 5.60. The van der Waals surface area contributed by atoms with Crippen LogP contribution in [0.15, 0.2) is 35.6 Å². The Balaban J connectivity index is 1.74. The maximum absolute atomic E-state index is 5.34. The number of nitrogens with zero attached hydrogens (tertiary/aromatic N) is 2. The predicted octanol–water partition coefficient (Wildman–Crippen LogP) is 5.45. The summed E-state index contributed by atoms with van der Waals surface area (Å²) in [7, 11) is 0. The molecule has 0 aliphatic carbocycles. The smallest absolute Gasteiger partial charge is 0.142 e. The average Bonchev–Trinajstić information content (AvgIpc) is 2.93. The van der Waals surface area contributed by atoms with E-state index in [4.69, 9.17) is 4.84 Å². The second kappa shape index (κ2) is 8.69. The summed E-state index contributed by atoms with van der Waals surface area (Å²) >= 11 is 1.71. The molecule has 2 aromatic rings. The molecule has 1 aromatic carbocycles. The molecule has 0 aliphatic rings. The minimum Gasteiger partial charge on any atom is -0.391 e. The van der Waals surface area contributed by atoms with Gasteiger partial charge in [0.15, 0.2) is 0 Å². The summed E-state index contributed by atoms with van der Waals surface area (Å²) < 4.78 is 0. The largest absolute Gasteiger partial charge is 0.391 e. The molecule has 0 saturated carbocycles. The van der Waals surface area contributed by atoms with Gasteiger partial charge in [-0.25, -0.2) is 4.98 Å². The molecule has 0 N–H and O–H groups in total. The van der Waals surface area contributed by atoms with Crippen molar-refractivity contribution in [3.63, 3.8) is 0 Å². The van der Waals surface area contributed by atoms with Gasteiger partial charge in [0.05, 0.1) is 9.88 Å². The van der Waals surface area contributed by atoms with E-state index in [1.54, 1.807) is 11.3 Å². The van der Waals surface area contributed by atoms with Gasteiger partial charge in [0, 0.05) is 12.4 Å². The van der Waals surface area contributed by atoms with Crippen molar-refractivity contribution in [3.05, 3.63) is 41.0 Å². The van der Waals surface area contributed by atoms with Gasteiger partial charge in [-0.05, 0) is 36.8 Å². The predicted molar refractivity (Wildman–Crippen MR) is 94.3 cm³/mol. The minimum absolute atomic E-state index is 0.517. The minimum atomic E-state index is 0.517. The number of thiazole rings is 1. The third-order valence-electron chi connectivity index (χ3n) is 3.35. The van der Waals surface area contributed by atoms with E-state index < -0.39 is 0 Å². The molecule has 0 bridgehead atoms. The lowest BCUT2D eigenvalue weighted by Gasteiger charge is -2.02. The van der Waals surface area contributed by atoms with Crippen LogP contribution in [-0.2, 0) is 11.4 Å². The van der Waals surface area contributed by atoms with Crippen LogP contribution in [-0.4, -0.2) is 11.2 Å². The van der Waals surface area contributed by atoms with Crippen LogP contribution in [0.5, 0.6) is 0 Å². The quantitative estimate of drug-likeness (QED) is 0.369. The van der Waals surface area contributed by atoms with Crippen molar-refractivity contribution in [1.82, 2.24) is 4.98 Å². The van der Waals surface area contributed by atoms with Crippen LogP contribution in [0.2, 0.25) is 0 Å². The van der Waals surface area contributed by atoms with Gasteiger partial charge in [0.2, 0.25) is 0 Å². The van der Waals surface area contributed by atoms with Crippen LogP contribution in [0.25, 0.3) is 10.4 Å². The molecular weight excluding hydrogens is 292 g/mol. The van der Waals surface area contributed by atoms with Gasteiger partial charge in [-0.2, -0.15) is 0 Å². The summed E-state index contributed by atoms with van der Waals surface area (Å²) in [5.41, 5.74) is 2.33. The van der Waals surface area contributed by atoms with Crippen LogP contribution >= 0.6 is 11.3 Å². The molecule has 1 heterocycles. The highest BCUT2D eigenvalue weighted by molar-refractivity contribution is 7.15. The van der Waals surface area contributed by atoms with Crippen LogP contribution in [0.3, 0.4) is 0 Å². The Hall–Kier alpha value is -1.68. The molecule has 1 aromatic heterocycles. The molecular formula is C18H24N2OS. The zero-order valence-electron chi connectivity index (χ0n) is 13.6. The summed E-state index contributed by atoms with van der Waals surface area (Å²) in [6.07, 6.45) is 7.20. The molecule has 22 heavy (non-hydrogen) atoms. The van der Waals surface area contributed by atoms with Gasteiger partial charge in [-0.1, -0.05) is 49.7 Å². The fourth-order valence-electron chi connectivity index (χ4n) is 2.09. The van der Waals surface area contributed by atoms with Crippen LogP contribution in [0.4, 0.5) is 0 Å². The molecule has 0 amide bonds. The van der Waals surface area contributed by atoms with E-state index in [0.29, 0.717) is 6.61 Å². The first-order valence-electron chi connectivity index (χ1n) is 7.80. The Morgan fingerprint density at radius 1 is 1.27 bits per heavy atom. The summed E-state index contributed by atoms with van der Waals surface area (Å²) in [4.78, 5) is 10.8. The van der Waals surface area contributed by atoms with E-state index in [9.17, 15) is 0 Å². The molecule has 0 atom stereocenters. The fourth-order valence-corrected chi connectivity index (χ4v) is 2.88. The van der Waals surface area contributed by atoms with Crippen LogP contribution < -0.4 is 0 Å². The monoisotopic (exact) mass is 316 g/mol. The van der Waals surface area contributed by atoms with Crippen molar-refractivity contribution < 1.29 is 4.84 Å². The molecule has 0 spiro atoms. The number of unbranched alkanes of at least 4 members (excludes halogenated alkanes) is 1. The summed E-state index contributed by atoms with van der Waals surface area (Å²) in [5.74, 6) is 0.759. The van der Waals surface area contributed by atoms with E-state index in [1.807, 2.05) is 19.3 Å². The molecule has 4 heteroatoms. The van der Waals surface area contributed by atoms with E-state index >= 15 is 0 Å². The Bertz CT molecular complexity index is 587. The van der Waals surface area contributed by atoms with Crippen molar-refractivity contribution in [2.24, 2.45) is 11.1 Å². The van der Waals surface area contributed by atoms with E-state index in [2.05, 4.69) is 48.3 Å². The lowest BCUT2D eigenvalue weighted by atomic mass is 10.1. The number of hydrogen-bond donors (Lipinski definition) is 0. The summed E-state index contributed by atoms with van der Waals surface area (Å²) in [5, 5.41) is 5.11. The Morgan fingerprint density at radius 2 is 2.05 bits per heavy atom. The van der Waals surface area contributed by atoms with Crippen molar-refractivity contribution in [2.75, 3.05) is 0 Å². The molecule has 0 fully saturated rings. The first-order chi connectivity index (χ1) is 10.6. The summed E-state index contributed by atoms with van der Waals surface area (Å²) in [6.45, 7) is 7.02. The highest BCUT2D eigenvalue weighted by atomic mass is 32.1. The number of aryl methyl sites for hydroxylation is 1. The number of rotatable bonds is 8. The van der Waals surface area contributed by atoms with E-state index in [-0.39, 0.29) is 0 Å². The Morgan fingerprint density at radius 3 is 2.68 bits per heavy atom. The molecule has 0 radical (unpaired) electrons. The second-order valence-electron chi connectivity index (χ2n) is 5.83. The lowest BCUT2D eigenvalue weighted by Crippen LogP contribution is -1.89. The van der Waals surface area contributed by atoms with E-state index in [0.717, 1.165) is 22.9 Å². The van der Waals surface area contributed by atoms with Gasteiger partial charge in [0.25, 0.3) is 0 Å². The highest BCUT2D eigenvalue weighted by Gasteiger charge is 2.02. The van der Waals surface area contributed by atoms with Gasteiger partial charge >= 0.3 is 0 Å². The van der Waals surface area contributed by atoms with Crippen LogP contribution in [0.1, 0.15) is 43.7 Å². The van der Waals surface area contributed by atoms with E-state index in [1.165, 1.54) is 23.3 Å². The number of benzene rings is 1. The molecule has 0 saturated heterocycles. The highest BCUT2D eigenvalue weighted by Crippen LogP contribution is 2.25. The fraction of sp³-hybridized carbons (Fsp3) is 0.444. The molecule has 3 nitrogen and oxygen atoms in total. The number of aromatic nitrogens is 1. The van der Waals surface area contributed by atoms with Crippen molar-refractivity contribution in [3.8, 4) is 10.4 Å². The van der Waals surface area contributed by atoms with Gasteiger partial charge in [-0.15, -0.1) is 11.3 Å². The third-order valence-corrected chi connectivity index (χ3v) is 4.32. The molecule has 0 unspecified atom stereocenters. The normalized spacial score (nSPS) is 11.5. The molecule has 0 aliphatic heterocycles. The van der Waals surface area contributed by atoms with Crippen molar-refractivity contribution in [2.45, 2.75) is 46.6 Å². The van der Waals surface area contributed by atoms with Crippen molar-refractivity contribution >= 4 is 17.6 Å². The Labute approximate surface area is 137 Å². The zero-order valence-corrected chi connectivity index (χ0v) is 14.4. The number of hydrogen-bond acceptors (Lipinski definition) is 4. The first-order valence-corrected chi connectivity index (χ1v) is 8.62. The number of oxime groups is 1. The van der Waals surface area contributed by atoms with Crippen molar-refractivity contribution in [1.29, 1.82) is 0 Å². The lowest BCUT2D eigenvalue weighted by molar-refractivity contribution is 0.131. The first kappa shape index (κ1) is 16.7. The van der Waals surface area contributed by atoms with Gasteiger partial charge in [-0.3, -0.25) is 0 Å². The SMILES string of the molecule is Cc1ncc(-c2ccc(CO/N=C/CCCC(C)C)cc2)s1. The summed E-state index contributed by atoms with van der Waals surface area (Å²) in [6, 6.07) is 8.38.